The van der Waals surface area contributed by atoms with Crippen molar-refractivity contribution in [1.82, 2.24) is 0 Å². The normalized spacial score (nSPS) is 11.9. The molecule has 1 unspecified atom stereocenters. The highest BCUT2D eigenvalue weighted by molar-refractivity contribution is 5.71. The summed E-state index contributed by atoms with van der Waals surface area (Å²) in [4.78, 5) is 37.9. The van der Waals surface area contributed by atoms with Crippen LogP contribution in [-0.2, 0) is 28.6 Å². The van der Waals surface area contributed by atoms with Crippen LogP contribution in [0.1, 0.15) is 355 Å². The molecule has 0 radical (unpaired) electrons. The second kappa shape index (κ2) is 57.0. The van der Waals surface area contributed by atoms with Crippen molar-refractivity contribution in [2.75, 3.05) is 13.2 Å². The third-order valence-electron chi connectivity index (χ3n) is 14.1. The Labute approximate surface area is 418 Å². The SMILES string of the molecule is CCCCCCCCCCCCCCCCCCCCCCCCCCCCCCCC(=O)OCC(COC(=O)CCCCCCCCCCCC)OC(=O)CCCCCCCCCCCC. The van der Waals surface area contributed by atoms with Crippen LogP contribution in [0.3, 0.4) is 0 Å². The first kappa shape index (κ1) is 65.4. The Bertz CT molecular complexity index is 998. The Balaban J connectivity index is 3.97. The lowest BCUT2D eigenvalue weighted by Gasteiger charge is -2.18. The summed E-state index contributed by atoms with van der Waals surface area (Å²) in [5.74, 6) is -0.840. The second-order valence-electron chi connectivity index (χ2n) is 21.0. The van der Waals surface area contributed by atoms with Crippen molar-refractivity contribution in [1.29, 1.82) is 0 Å². The Morgan fingerprint density at radius 1 is 0.239 bits per heavy atom. The number of rotatable bonds is 57. The van der Waals surface area contributed by atoms with Crippen molar-refractivity contribution in [3.05, 3.63) is 0 Å². The van der Waals surface area contributed by atoms with Gasteiger partial charge in [0.1, 0.15) is 13.2 Å². The molecule has 398 valence electrons. The molecule has 67 heavy (non-hydrogen) atoms. The van der Waals surface area contributed by atoms with E-state index < -0.39 is 6.10 Å². The number of carbonyl (C=O) groups excluding carboxylic acids is 3. The highest BCUT2D eigenvalue weighted by atomic mass is 16.6. The molecule has 0 heterocycles. The summed E-state index contributed by atoms with van der Waals surface area (Å²) in [7, 11) is 0. The van der Waals surface area contributed by atoms with Crippen molar-refractivity contribution in [3.8, 4) is 0 Å². The fourth-order valence-corrected chi connectivity index (χ4v) is 9.51. The predicted octanol–water partition coefficient (Wildman–Crippen LogP) is 20.3. The molecule has 0 amide bonds. The first-order valence-electron chi connectivity index (χ1n) is 30.5. The summed E-state index contributed by atoms with van der Waals surface area (Å²) in [5.41, 5.74) is 0. The number of esters is 3. The topological polar surface area (TPSA) is 78.9 Å². The molecule has 0 aromatic heterocycles. The van der Waals surface area contributed by atoms with Gasteiger partial charge in [-0.3, -0.25) is 14.4 Å². The third-order valence-corrected chi connectivity index (χ3v) is 14.1. The smallest absolute Gasteiger partial charge is 0.306 e. The fourth-order valence-electron chi connectivity index (χ4n) is 9.51. The molecule has 0 aromatic rings. The molecule has 0 saturated heterocycles. The molecular weight excluding hydrogens is 829 g/mol. The van der Waals surface area contributed by atoms with E-state index in [0.717, 1.165) is 57.8 Å². The van der Waals surface area contributed by atoms with Crippen LogP contribution in [0.25, 0.3) is 0 Å². The van der Waals surface area contributed by atoms with Crippen LogP contribution >= 0.6 is 0 Å². The zero-order valence-electron chi connectivity index (χ0n) is 45.7. The largest absolute Gasteiger partial charge is 0.462 e. The lowest BCUT2D eigenvalue weighted by atomic mass is 10.0. The number of hydrogen-bond donors (Lipinski definition) is 0. The van der Waals surface area contributed by atoms with Crippen LogP contribution in [0.15, 0.2) is 0 Å². The summed E-state index contributed by atoms with van der Waals surface area (Å²) in [5, 5.41) is 0. The number of ether oxygens (including phenoxy) is 3. The van der Waals surface area contributed by atoms with Gasteiger partial charge in [0.2, 0.25) is 0 Å². The molecular formula is C61H118O6. The monoisotopic (exact) mass is 947 g/mol. The van der Waals surface area contributed by atoms with Gasteiger partial charge in [0, 0.05) is 19.3 Å². The maximum atomic E-state index is 12.8. The Kier molecular flexibility index (Phi) is 55.6. The zero-order chi connectivity index (χ0) is 48.6. The van der Waals surface area contributed by atoms with E-state index in [9.17, 15) is 14.4 Å². The van der Waals surface area contributed by atoms with Crippen LogP contribution in [-0.4, -0.2) is 37.2 Å². The quantitative estimate of drug-likeness (QED) is 0.0343. The van der Waals surface area contributed by atoms with Gasteiger partial charge in [-0.15, -0.1) is 0 Å². The zero-order valence-corrected chi connectivity index (χ0v) is 45.7. The lowest BCUT2D eigenvalue weighted by Crippen LogP contribution is -2.30. The molecule has 0 aliphatic carbocycles. The second-order valence-corrected chi connectivity index (χ2v) is 21.0. The van der Waals surface area contributed by atoms with Crippen LogP contribution in [0.5, 0.6) is 0 Å². The fraction of sp³-hybridized carbons (Fsp3) is 0.951. The molecule has 0 saturated carbocycles. The molecule has 6 heteroatoms. The highest BCUT2D eigenvalue weighted by Gasteiger charge is 2.19. The Morgan fingerprint density at radius 3 is 0.597 bits per heavy atom. The molecule has 0 aliphatic heterocycles. The van der Waals surface area contributed by atoms with Gasteiger partial charge >= 0.3 is 17.9 Å². The number of hydrogen-bond acceptors (Lipinski definition) is 6. The molecule has 0 bridgehead atoms. The average Bonchev–Trinajstić information content (AvgIpc) is 3.33. The first-order valence-corrected chi connectivity index (χ1v) is 30.5. The number of unbranched alkanes of at least 4 members (excludes halogenated alkanes) is 46. The minimum atomic E-state index is -0.759. The average molecular weight is 948 g/mol. The Hall–Kier alpha value is -1.59. The van der Waals surface area contributed by atoms with Crippen LogP contribution < -0.4 is 0 Å². The molecule has 0 aliphatic rings. The summed E-state index contributed by atoms with van der Waals surface area (Å²) in [6.07, 6.45) is 64.2. The highest BCUT2D eigenvalue weighted by Crippen LogP contribution is 2.18. The lowest BCUT2D eigenvalue weighted by molar-refractivity contribution is -0.167. The van der Waals surface area contributed by atoms with Gasteiger partial charge in [0.05, 0.1) is 0 Å². The standard InChI is InChI=1S/C61H118O6/c1-4-7-10-13-16-19-22-23-24-25-26-27-28-29-30-31-32-33-34-35-36-37-38-39-40-43-45-48-51-54-60(63)66-57-58(67-61(64)55-52-49-46-42-21-18-15-12-9-6-3)56-65-59(62)53-50-47-44-41-20-17-14-11-8-5-2/h58H,4-57H2,1-3H3. The van der Waals surface area contributed by atoms with E-state index in [1.807, 2.05) is 0 Å². The van der Waals surface area contributed by atoms with E-state index in [1.165, 1.54) is 257 Å². The van der Waals surface area contributed by atoms with Gasteiger partial charge in [-0.1, -0.05) is 316 Å². The van der Waals surface area contributed by atoms with Gasteiger partial charge in [-0.2, -0.15) is 0 Å². The van der Waals surface area contributed by atoms with Gasteiger partial charge in [0.15, 0.2) is 6.10 Å². The molecule has 1 atom stereocenters. The van der Waals surface area contributed by atoms with Gasteiger partial charge in [-0.25, -0.2) is 0 Å². The first-order chi connectivity index (χ1) is 33.0. The van der Waals surface area contributed by atoms with Crippen molar-refractivity contribution >= 4 is 17.9 Å². The van der Waals surface area contributed by atoms with E-state index in [4.69, 9.17) is 14.2 Å². The van der Waals surface area contributed by atoms with E-state index >= 15 is 0 Å². The molecule has 0 aromatic carbocycles. The Morgan fingerprint density at radius 2 is 0.403 bits per heavy atom. The third kappa shape index (κ3) is 55.2. The van der Waals surface area contributed by atoms with Gasteiger partial charge in [-0.05, 0) is 19.3 Å². The molecule has 0 N–H and O–H groups in total. The summed E-state index contributed by atoms with van der Waals surface area (Å²) >= 11 is 0. The predicted molar refractivity (Wildman–Crippen MR) is 289 cm³/mol. The summed E-state index contributed by atoms with van der Waals surface area (Å²) < 4.78 is 16.8. The van der Waals surface area contributed by atoms with Crippen LogP contribution in [0.4, 0.5) is 0 Å². The van der Waals surface area contributed by atoms with E-state index in [1.54, 1.807) is 0 Å². The maximum absolute atomic E-state index is 12.8. The maximum Gasteiger partial charge on any atom is 0.306 e. The summed E-state index contributed by atoms with van der Waals surface area (Å²) in [6.45, 7) is 6.67. The minimum Gasteiger partial charge on any atom is -0.462 e. The van der Waals surface area contributed by atoms with Crippen LogP contribution in [0, 0.1) is 0 Å². The molecule has 0 fully saturated rings. The molecule has 0 spiro atoms. The molecule has 0 rings (SSSR count). The van der Waals surface area contributed by atoms with E-state index in [0.29, 0.717) is 19.3 Å². The van der Waals surface area contributed by atoms with Crippen molar-refractivity contribution in [2.45, 2.75) is 361 Å². The van der Waals surface area contributed by atoms with Crippen molar-refractivity contribution in [3.63, 3.8) is 0 Å². The van der Waals surface area contributed by atoms with Crippen molar-refractivity contribution < 1.29 is 28.6 Å². The van der Waals surface area contributed by atoms with Crippen molar-refractivity contribution in [2.24, 2.45) is 0 Å². The minimum absolute atomic E-state index is 0.0618. The molecule has 6 nitrogen and oxygen atoms in total. The summed E-state index contributed by atoms with van der Waals surface area (Å²) in [6, 6.07) is 0. The van der Waals surface area contributed by atoms with Crippen LogP contribution in [0.2, 0.25) is 0 Å². The van der Waals surface area contributed by atoms with Gasteiger partial charge < -0.3 is 14.2 Å². The van der Waals surface area contributed by atoms with E-state index in [-0.39, 0.29) is 31.1 Å². The number of carbonyl (C=O) groups is 3. The van der Waals surface area contributed by atoms with Gasteiger partial charge in [0.25, 0.3) is 0 Å². The van der Waals surface area contributed by atoms with E-state index in [2.05, 4.69) is 20.8 Å².